The summed E-state index contributed by atoms with van der Waals surface area (Å²) >= 11 is 0. The van der Waals surface area contributed by atoms with Gasteiger partial charge >= 0.3 is 5.69 Å². The summed E-state index contributed by atoms with van der Waals surface area (Å²) in [5, 5.41) is 11.5. The molecule has 1 aliphatic rings. The highest BCUT2D eigenvalue weighted by Crippen LogP contribution is 2.35. The lowest BCUT2D eigenvalue weighted by Crippen LogP contribution is -2.40. The van der Waals surface area contributed by atoms with E-state index in [0.29, 0.717) is 23.6 Å². The van der Waals surface area contributed by atoms with Crippen molar-refractivity contribution in [1.29, 1.82) is 0 Å². The normalized spacial score (nSPS) is 21.3. The minimum absolute atomic E-state index is 0.0622. The number of hydrogen-bond donors (Lipinski definition) is 1. The molecule has 0 aromatic carbocycles. The minimum Gasteiger partial charge on any atom is -0.378 e. The van der Waals surface area contributed by atoms with Crippen molar-refractivity contribution in [2.45, 2.75) is 34.1 Å². The summed E-state index contributed by atoms with van der Waals surface area (Å²) in [7, 11) is 0. The fourth-order valence-electron chi connectivity index (χ4n) is 3.33. The lowest BCUT2D eigenvalue weighted by atomic mass is 9.92. The van der Waals surface area contributed by atoms with E-state index in [2.05, 4.69) is 23.8 Å². The molecule has 0 spiro atoms. The third-order valence-electron chi connectivity index (χ3n) is 4.28. The molecular weight excluding hydrogens is 296 g/mol. The van der Waals surface area contributed by atoms with Gasteiger partial charge < -0.3 is 15.5 Å². The van der Waals surface area contributed by atoms with E-state index in [1.165, 1.54) is 0 Å². The fraction of sp³-hybridized carbons (Fsp3) is 0.733. The first-order chi connectivity index (χ1) is 10.9. The van der Waals surface area contributed by atoms with E-state index in [4.69, 9.17) is 5.73 Å². The number of nitrogens with zero attached hydrogens (tertiary/aromatic N) is 5. The molecule has 1 saturated heterocycles. The fourth-order valence-corrected chi connectivity index (χ4v) is 3.33. The molecule has 2 heterocycles. The Balaban J connectivity index is 2.51. The topological polar surface area (TPSA) is 101 Å². The van der Waals surface area contributed by atoms with Gasteiger partial charge in [0, 0.05) is 26.2 Å². The van der Waals surface area contributed by atoms with Crippen molar-refractivity contribution in [3.8, 4) is 0 Å². The maximum atomic E-state index is 11.5. The van der Waals surface area contributed by atoms with Gasteiger partial charge in [-0.3, -0.25) is 10.1 Å². The molecule has 1 aliphatic heterocycles. The number of nitrogens with two attached hydrogens (primary N) is 1. The van der Waals surface area contributed by atoms with Gasteiger partial charge in [-0.15, -0.1) is 0 Å². The van der Waals surface area contributed by atoms with Crippen LogP contribution in [0.5, 0.6) is 0 Å². The minimum atomic E-state index is -0.472. The standard InChI is InChI=1S/C15H26N6O2/c1-5-19(6-2)15-17-13(16)12(21(22)23)14(18-15)20-8-10(3)7-11(4)9-20/h10-11H,5-9H2,1-4H3,(H2,16,17,18). The van der Waals surface area contributed by atoms with E-state index < -0.39 is 4.92 Å². The molecule has 1 aromatic heterocycles. The molecule has 2 atom stereocenters. The van der Waals surface area contributed by atoms with E-state index in [1.807, 2.05) is 23.6 Å². The van der Waals surface area contributed by atoms with Crippen LogP contribution in [-0.4, -0.2) is 41.1 Å². The van der Waals surface area contributed by atoms with Crippen LogP contribution in [-0.2, 0) is 0 Å². The second kappa shape index (κ2) is 6.97. The molecule has 1 aromatic rings. The highest BCUT2D eigenvalue weighted by atomic mass is 16.6. The zero-order valence-electron chi connectivity index (χ0n) is 14.3. The second-order valence-corrected chi connectivity index (χ2v) is 6.36. The average Bonchev–Trinajstić information content (AvgIpc) is 2.46. The van der Waals surface area contributed by atoms with Gasteiger partial charge in [0.1, 0.15) is 0 Å². The molecule has 0 radical (unpaired) electrons. The van der Waals surface area contributed by atoms with Gasteiger partial charge in [0.2, 0.25) is 17.6 Å². The summed E-state index contributed by atoms with van der Waals surface area (Å²) in [6.45, 7) is 11.2. The first kappa shape index (κ1) is 17.2. The predicted octanol–water partition coefficient (Wildman–Crippen LogP) is 2.30. The van der Waals surface area contributed by atoms with Crippen LogP contribution in [0.25, 0.3) is 0 Å². The van der Waals surface area contributed by atoms with Crippen LogP contribution < -0.4 is 15.5 Å². The Bertz CT molecular complexity index is 565. The molecular formula is C15H26N6O2. The zero-order chi connectivity index (χ0) is 17.1. The molecule has 0 bridgehead atoms. The number of hydrogen-bond acceptors (Lipinski definition) is 7. The average molecular weight is 322 g/mol. The van der Waals surface area contributed by atoms with Gasteiger partial charge in [-0.05, 0) is 32.1 Å². The number of nitrogen functional groups attached to an aromatic ring is 1. The van der Waals surface area contributed by atoms with Gasteiger partial charge in [0.15, 0.2) is 0 Å². The molecule has 2 rings (SSSR count). The summed E-state index contributed by atoms with van der Waals surface area (Å²) < 4.78 is 0. The van der Waals surface area contributed by atoms with E-state index in [1.54, 1.807) is 0 Å². The van der Waals surface area contributed by atoms with E-state index >= 15 is 0 Å². The molecule has 0 amide bonds. The Morgan fingerprint density at radius 3 is 2.30 bits per heavy atom. The summed E-state index contributed by atoms with van der Waals surface area (Å²) in [6.07, 6.45) is 1.12. The van der Waals surface area contributed by atoms with Crippen molar-refractivity contribution < 1.29 is 4.92 Å². The Hall–Kier alpha value is -2.12. The van der Waals surface area contributed by atoms with Crippen molar-refractivity contribution in [3.05, 3.63) is 10.1 Å². The van der Waals surface area contributed by atoms with Crippen LogP contribution in [0, 0.1) is 22.0 Å². The zero-order valence-corrected chi connectivity index (χ0v) is 14.3. The van der Waals surface area contributed by atoms with Gasteiger partial charge in [-0.25, -0.2) is 0 Å². The van der Waals surface area contributed by atoms with Crippen LogP contribution in [0.15, 0.2) is 0 Å². The number of piperidine rings is 1. The predicted molar refractivity (Wildman–Crippen MR) is 91.8 cm³/mol. The number of rotatable bonds is 5. The Labute approximate surface area is 136 Å². The smallest absolute Gasteiger partial charge is 0.353 e. The van der Waals surface area contributed by atoms with Crippen molar-refractivity contribution in [3.63, 3.8) is 0 Å². The summed E-state index contributed by atoms with van der Waals surface area (Å²) in [5.74, 6) is 1.67. The van der Waals surface area contributed by atoms with E-state index in [-0.39, 0.29) is 11.5 Å². The van der Waals surface area contributed by atoms with Crippen molar-refractivity contribution in [2.75, 3.05) is 41.7 Å². The monoisotopic (exact) mass is 322 g/mol. The number of nitro groups is 1. The second-order valence-electron chi connectivity index (χ2n) is 6.36. The summed E-state index contributed by atoms with van der Waals surface area (Å²) in [6, 6.07) is 0. The van der Waals surface area contributed by atoms with Gasteiger partial charge in [-0.2, -0.15) is 9.97 Å². The van der Waals surface area contributed by atoms with Crippen LogP contribution in [0.4, 0.5) is 23.3 Å². The SMILES string of the molecule is CCN(CC)c1nc(N)c([N+](=O)[O-])c(N2CC(C)CC(C)C2)n1. The van der Waals surface area contributed by atoms with E-state index in [0.717, 1.165) is 32.6 Å². The Kier molecular flexibility index (Phi) is 5.23. The maximum absolute atomic E-state index is 11.5. The van der Waals surface area contributed by atoms with Gasteiger partial charge in [-0.1, -0.05) is 13.8 Å². The molecule has 2 unspecified atom stereocenters. The largest absolute Gasteiger partial charge is 0.378 e. The van der Waals surface area contributed by atoms with Crippen LogP contribution in [0.2, 0.25) is 0 Å². The van der Waals surface area contributed by atoms with Crippen LogP contribution in [0.1, 0.15) is 34.1 Å². The van der Waals surface area contributed by atoms with E-state index in [9.17, 15) is 10.1 Å². The van der Waals surface area contributed by atoms with Crippen molar-refractivity contribution in [1.82, 2.24) is 9.97 Å². The molecule has 8 nitrogen and oxygen atoms in total. The number of anilines is 3. The molecule has 0 saturated carbocycles. The maximum Gasteiger partial charge on any atom is 0.353 e. The van der Waals surface area contributed by atoms with Crippen molar-refractivity contribution in [2.24, 2.45) is 11.8 Å². The van der Waals surface area contributed by atoms with Crippen LogP contribution in [0.3, 0.4) is 0 Å². The molecule has 23 heavy (non-hydrogen) atoms. The quantitative estimate of drug-likeness (QED) is 0.655. The first-order valence-corrected chi connectivity index (χ1v) is 8.19. The van der Waals surface area contributed by atoms with Gasteiger partial charge in [0.25, 0.3) is 0 Å². The van der Waals surface area contributed by atoms with Crippen molar-refractivity contribution >= 4 is 23.3 Å². The summed E-state index contributed by atoms with van der Waals surface area (Å²) in [5.41, 5.74) is 5.72. The molecule has 2 N–H and O–H groups in total. The number of aromatic nitrogens is 2. The lowest BCUT2D eigenvalue weighted by molar-refractivity contribution is -0.383. The Morgan fingerprint density at radius 1 is 1.26 bits per heavy atom. The molecule has 1 fully saturated rings. The third-order valence-corrected chi connectivity index (χ3v) is 4.28. The Morgan fingerprint density at radius 2 is 1.83 bits per heavy atom. The third kappa shape index (κ3) is 3.62. The summed E-state index contributed by atoms with van der Waals surface area (Å²) in [4.78, 5) is 23.6. The van der Waals surface area contributed by atoms with Gasteiger partial charge in [0.05, 0.1) is 4.92 Å². The molecule has 8 heteroatoms. The molecule has 128 valence electrons. The highest BCUT2D eigenvalue weighted by Gasteiger charge is 2.32. The molecule has 0 aliphatic carbocycles. The van der Waals surface area contributed by atoms with Crippen LogP contribution >= 0.6 is 0 Å². The lowest BCUT2D eigenvalue weighted by Gasteiger charge is -2.35. The highest BCUT2D eigenvalue weighted by molar-refractivity contribution is 5.71. The first-order valence-electron chi connectivity index (χ1n) is 8.19.